The Morgan fingerprint density at radius 1 is 1.19 bits per heavy atom. The molecule has 0 spiro atoms. The number of rotatable bonds is 3. The molecule has 0 fully saturated rings. The fourth-order valence-electron chi connectivity index (χ4n) is 1.30. The molecule has 5 heteroatoms. The maximum atomic E-state index is 12.2. The third kappa shape index (κ3) is 2.96. The van der Waals surface area contributed by atoms with Gasteiger partial charge in [-0.25, -0.2) is 0 Å². The minimum Gasteiger partial charge on any atom is -0.396 e. The molecular weight excluding hydrogens is 221 g/mol. The summed E-state index contributed by atoms with van der Waals surface area (Å²) in [6.07, 6.45) is -5.32. The first-order chi connectivity index (χ1) is 7.36. The molecule has 0 saturated carbocycles. The van der Waals surface area contributed by atoms with Crippen molar-refractivity contribution < 1.29 is 23.4 Å². The van der Waals surface area contributed by atoms with E-state index in [-0.39, 0.29) is 6.61 Å². The molecule has 2 nitrogen and oxygen atoms in total. The van der Waals surface area contributed by atoms with Crippen LogP contribution >= 0.6 is 0 Å². The molecule has 0 aliphatic rings. The zero-order valence-electron chi connectivity index (χ0n) is 8.70. The van der Waals surface area contributed by atoms with Crippen LogP contribution < -0.4 is 0 Å². The zero-order valence-corrected chi connectivity index (χ0v) is 8.70. The molecule has 0 amide bonds. The molecule has 2 unspecified atom stereocenters. The minimum absolute atomic E-state index is 0.220. The quantitative estimate of drug-likeness (QED) is 0.842. The van der Waals surface area contributed by atoms with Crippen LogP contribution in [0, 0.1) is 5.92 Å². The number of hydrogen-bond acceptors (Lipinski definition) is 2. The van der Waals surface area contributed by atoms with Crippen molar-refractivity contribution >= 4 is 0 Å². The number of hydrogen-bond donors (Lipinski definition) is 2. The number of aliphatic hydroxyl groups is 2. The molecular formula is C11H13F3O2. The van der Waals surface area contributed by atoms with Gasteiger partial charge in [-0.15, -0.1) is 0 Å². The van der Waals surface area contributed by atoms with Crippen LogP contribution in [0.15, 0.2) is 24.3 Å². The first kappa shape index (κ1) is 13.0. The van der Waals surface area contributed by atoms with Gasteiger partial charge in [0.1, 0.15) is 0 Å². The van der Waals surface area contributed by atoms with Crippen LogP contribution in [-0.4, -0.2) is 16.8 Å². The second-order valence-electron chi connectivity index (χ2n) is 3.72. The van der Waals surface area contributed by atoms with Crippen molar-refractivity contribution in [2.45, 2.75) is 19.2 Å². The highest BCUT2D eigenvalue weighted by Gasteiger charge is 2.30. The molecule has 0 saturated heterocycles. The van der Waals surface area contributed by atoms with Gasteiger partial charge < -0.3 is 10.2 Å². The van der Waals surface area contributed by atoms with Gasteiger partial charge in [0.2, 0.25) is 0 Å². The van der Waals surface area contributed by atoms with E-state index >= 15 is 0 Å². The van der Waals surface area contributed by atoms with Crippen molar-refractivity contribution in [3.63, 3.8) is 0 Å². The van der Waals surface area contributed by atoms with Crippen LogP contribution in [0.2, 0.25) is 0 Å². The highest BCUT2D eigenvalue weighted by molar-refractivity contribution is 5.26. The summed E-state index contributed by atoms with van der Waals surface area (Å²) < 4.78 is 36.7. The van der Waals surface area contributed by atoms with E-state index in [1.807, 2.05) is 0 Å². The van der Waals surface area contributed by atoms with Crippen molar-refractivity contribution in [3.05, 3.63) is 35.4 Å². The van der Waals surface area contributed by atoms with Crippen LogP contribution in [-0.2, 0) is 6.18 Å². The number of halogens is 3. The number of aliphatic hydroxyl groups excluding tert-OH is 2. The van der Waals surface area contributed by atoms with E-state index in [4.69, 9.17) is 5.11 Å². The van der Waals surface area contributed by atoms with Crippen molar-refractivity contribution in [2.24, 2.45) is 5.92 Å². The minimum atomic E-state index is -4.37. The van der Waals surface area contributed by atoms with Crippen LogP contribution in [0.25, 0.3) is 0 Å². The second kappa shape index (κ2) is 4.84. The van der Waals surface area contributed by atoms with Crippen molar-refractivity contribution in [3.8, 4) is 0 Å². The van der Waals surface area contributed by atoms with Gasteiger partial charge in [-0.2, -0.15) is 13.2 Å². The van der Waals surface area contributed by atoms with Gasteiger partial charge in [0.25, 0.3) is 0 Å². The van der Waals surface area contributed by atoms with E-state index in [9.17, 15) is 18.3 Å². The molecule has 90 valence electrons. The summed E-state index contributed by atoms with van der Waals surface area (Å²) in [6, 6.07) is 4.28. The molecule has 2 atom stereocenters. The number of benzene rings is 1. The lowest BCUT2D eigenvalue weighted by atomic mass is 9.97. The highest BCUT2D eigenvalue weighted by atomic mass is 19.4. The van der Waals surface area contributed by atoms with E-state index < -0.39 is 23.8 Å². The zero-order chi connectivity index (χ0) is 12.3. The smallest absolute Gasteiger partial charge is 0.396 e. The Balaban J connectivity index is 2.87. The fraction of sp³-hybridized carbons (Fsp3) is 0.455. The van der Waals surface area contributed by atoms with Gasteiger partial charge in [-0.1, -0.05) is 19.1 Å². The summed E-state index contributed by atoms with van der Waals surface area (Å²) in [6.45, 7) is 1.39. The Kier molecular flexibility index (Phi) is 3.93. The predicted molar refractivity (Wildman–Crippen MR) is 52.7 cm³/mol. The fourth-order valence-corrected chi connectivity index (χ4v) is 1.30. The maximum Gasteiger partial charge on any atom is 0.416 e. The van der Waals surface area contributed by atoms with Gasteiger partial charge >= 0.3 is 6.18 Å². The maximum absolute atomic E-state index is 12.2. The summed E-state index contributed by atoms with van der Waals surface area (Å²) in [5.74, 6) is -0.406. The molecule has 0 aliphatic carbocycles. The third-order valence-corrected chi connectivity index (χ3v) is 2.41. The lowest BCUT2D eigenvalue weighted by molar-refractivity contribution is -0.137. The van der Waals surface area contributed by atoms with Gasteiger partial charge in [-0.05, 0) is 17.7 Å². The van der Waals surface area contributed by atoms with E-state index in [0.29, 0.717) is 5.56 Å². The van der Waals surface area contributed by atoms with Gasteiger partial charge in [0.05, 0.1) is 11.7 Å². The topological polar surface area (TPSA) is 40.5 Å². The Morgan fingerprint density at radius 2 is 1.69 bits per heavy atom. The van der Waals surface area contributed by atoms with Gasteiger partial charge in [0, 0.05) is 12.5 Å². The first-order valence-corrected chi connectivity index (χ1v) is 4.82. The van der Waals surface area contributed by atoms with E-state index in [1.165, 1.54) is 12.1 Å². The molecule has 0 bridgehead atoms. The Labute approximate surface area is 91.3 Å². The number of alkyl halides is 3. The summed E-state index contributed by atoms with van der Waals surface area (Å²) in [5, 5.41) is 18.5. The van der Waals surface area contributed by atoms with Crippen LogP contribution in [0.4, 0.5) is 13.2 Å². The SMILES string of the molecule is CC(CO)C(O)c1ccc(C(F)(F)F)cc1. The first-order valence-electron chi connectivity index (χ1n) is 4.82. The predicted octanol–water partition coefficient (Wildman–Crippen LogP) is 2.37. The van der Waals surface area contributed by atoms with Gasteiger partial charge in [0.15, 0.2) is 0 Å². The molecule has 1 rings (SSSR count). The van der Waals surface area contributed by atoms with E-state index in [0.717, 1.165) is 12.1 Å². The third-order valence-electron chi connectivity index (χ3n) is 2.41. The highest BCUT2D eigenvalue weighted by Crippen LogP contribution is 2.30. The second-order valence-corrected chi connectivity index (χ2v) is 3.72. The van der Waals surface area contributed by atoms with E-state index in [1.54, 1.807) is 6.92 Å². The van der Waals surface area contributed by atoms with Crippen molar-refractivity contribution in [1.82, 2.24) is 0 Å². The van der Waals surface area contributed by atoms with Crippen LogP contribution in [0.5, 0.6) is 0 Å². The summed E-state index contributed by atoms with van der Waals surface area (Å²) in [5.41, 5.74) is -0.380. The molecule has 0 aromatic heterocycles. The summed E-state index contributed by atoms with van der Waals surface area (Å²) in [7, 11) is 0. The average Bonchev–Trinajstić information content (AvgIpc) is 2.26. The molecule has 1 aromatic carbocycles. The normalized spacial score (nSPS) is 15.9. The lowest BCUT2D eigenvalue weighted by Crippen LogP contribution is -2.13. The Bertz CT molecular complexity index is 332. The molecule has 2 N–H and O–H groups in total. The summed E-state index contributed by atoms with van der Waals surface area (Å²) in [4.78, 5) is 0. The lowest BCUT2D eigenvalue weighted by Gasteiger charge is -2.17. The Morgan fingerprint density at radius 3 is 2.06 bits per heavy atom. The van der Waals surface area contributed by atoms with Crippen LogP contribution in [0.3, 0.4) is 0 Å². The molecule has 0 heterocycles. The molecule has 0 radical (unpaired) electrons. The standard InChI is InChI=1S/C11H13F3O2/c1-7(6-15)10(16)8-2-4-9(5-3-8)11(12,13)14/h2-5,7,10,15-16H,6H2,1H3. The molecule has 16 heavy (non-hydrogen) atoms. The average molecular weight is 234 g/mol. The van der Waals surface area contributed by atoms with Gasteiger partial charge in [-0.3, -0.25) is 0 Å². The van der Waals surface area contributed by atoms with Crippen LogP contribution in [0.1, 0.15) is 24.2 Å². The van der Waals surface area contributed by atoms with Crippen molar-refractivity contribution in [2.75, 3.05) is 6.61 Å². The molecule has 0 aliphatic heterocycles. The van der Waals surface area contributed by atoms with Crippen molar-refractivity contribution in [1.29, 1.82) is 0 Å². The monoisotopic (exact) mass is 234 g/mol. The molecule has 1 aromatic rings. The largest absolute Gasteiger partial charge is 0.416 e. The van der Waals surface area contributed by atoms with E-state index in [2.05, 4.69) is 0 Å². The summed E-state index contributed by atoms with van der Waals surface area (Å²) >= 11 is 0. The Hall–Kier alpha value is -1.07.